The lowest BCUT2D eigenvalue weighted by Crippen LogP contribution is -2.29. The van der Waals surface area contributed by atoms with Crippen molar-refractivity contribution in [3.63, 3.8) is 0 Å². The van der Waals surface area contributed by atoms with Crippen LogP contribution in [0.25, 0.3) is 33.2 Å². The molecular weight excluding hydrogens is 506 g/mol. The maximum Gasteiger partial charge on any atom is 0.261 e. The van der Waals surface area contributed by atoms with Crippen LogP contribution in [0.4, 0.5) is 14.6 Å². The fraction of sp³-hybridized carbons (Fsp3) is 0.259. The van der Waals surface area contributed by atoms with Gasteiger partial charge in [0.2, 0.25) is 0 Å². The van der Waals surface area contributed by atoms with E-state index in [4.69, 9.17) is 10.8 Å². The number of benzene rings is 2. The average molecular weight is 531 g/mol. The van der Waals surface area contributed by atoms with Gasteiger partial charge in [0.15, 0.2) is 17.3 Å². The number of anilines is 1. The smallest absolute Gasteiger partial charge is 0.261 e. The summed E-state index contributed by atoms with van der Waals surface area (Å²) in [6.07, 6.45) is 3.35. The van der Waals surface area contributed by atoms with Gasteiger partial charge >= 0.3 is 0 Å². The number of nitrogens with one attached hydrogen (secondary N) is 1. The largest absolute Gasteiger partial charge is 0.383 e. The van der Waals surface area contributed by atoms with Crippen molar-refractivity contribution in [1.82, 2.24) is 34.6 Å². The molecule has 0 radical (unpaired) electrons. The molecule has 5 aromatic rings. The van der Waals surface area contributed by atoms with Crippen LogP contribution in [0.5, 0.6) is 0 Å². The van der Waals surface area contributed by atoms with Crippen LogP contribution >= 0.6 is 0 Å². The third kappa shape index (κ3) is 3.99. The van der Waals surface area contributed by atoms with Crippen LogP contribution in [0.1, 0.15) is 54.5 Å². The first-order valence-corrected chi connectivity index (χ1v) is 12.5. The highest BCUT2D eigenvalue weighted by molar-refractivity contribution is 5.99. The minimum atomic E-state index is -1.10. The summed E-state index contributed by atoms with van der Waals surface area (Å²) in [4.78, 5) is 38.8. The van der Waals surface area contributed by atoms with Gasteiger partial charge in [0, 0.05) is 30.3 Å². The summed E-state index contributed by atoms with van der Waals surface area (Å²) in [6.45, 7) is 1.92. The Bertz CT molecular complexity index is 1830. The number of carbonyl (C=O) groups is 1. The van der Waals surface area contributed by atoms with E-state index in [1.165, 1.54) is 6.33 Å². The summed E-state index contributed by atoms with van der Waals surface area (Å²) in [6, 6.07) is 8.06. The Hall–Kier alpha value is -4.74. The van der Waals surface area contributed by atoms with Crippen molar-refractivity contribution < 1.29 is 13.6 Å². The fourth-order valence-electron chi connectivity index (χ4n) is 4.94. The first-order valence-electron chi connectivity index (χ1n) is 12.5. The van der Waals surface area contributed by atoms with Crippen LogP contribution in [-0.4, -0.2) is 42.3 Å². The van der Waals surface area contributed by atoms with Crippen LogP contribution in [0.3, 0.4) is 0 Å². The number of amides is 1. The number of rotatable bonds is 6. The summed E-state index contributed by atoms with van der Waals surface area (Å²) in [5.41, 5.74) is 8.03. The highest BCUT2D eigenvalue weighted by Crippen LogP contribution is 2.39. The van der Waals surface area contributed by atoms with E-state index in [1.54, 1.807) is 40.6 Å². The molecule has 10 nitrogen and oxygen atoms in total. The van der Waals surface area contributed by atoms with Crippen molar-refractivity contribution in [2.45, 2.75) is 38.3 Å². The van der Waals surface area contributed by atoms with Crippen molar-refractivity contribution in [2.24, 2.45) is 0 Å². The molecule has 3 N–H and O–H groups in total. The number of aromatic nitrogens is 6. The molecule has 0 spiro atoms. The van der Waals surface area contributed by atoms with E-state index in [9.17, 15) is 18.4 Å². The van der Waals surface area contributed by atoms with E-state index in [1.807, 2.05) is 6.92 Å². The van der Waals surface area contributed by atoms with Gasteiger partial charge in [0.05, 0.1) is 16.3 Å². The van der Waals surface area contributed by atoms with E-state index in [-0.39, 0.29) is 28.7 Å². The molecule has 1 fully saturated rings. The molecule has 1 unspecified atom stereocenters. The Kier molecular flexibility index (Phi) is 5.82. The summed E-state index contributed by atoms with van der Waals surface area (Å²) in [5.74, 6) is -1.80. The highest BCUT2D eigenvalue weighted by atomic mass is 19.2. The molecule has 3 heterocycles. The summed E-state index contributed by atoms with van der Waals surface area (Å²) in [7, 11) is 1.56. The van der Waals surface area contributed by atoms with Gasteiger partial charge in [0.1, 0.15) is 29.7 Å². The number of fused-ring (bicyclic) bond motifs is 2. The molecule has 198 valence electrons. The molecule has 3 aromatic heterocycles. The van der Waals surface area contributed by atoms with Crippen molar-refractivity contribution in [3.05, 3.63) is 76.1 Å². The number of nitrogens with two attached hydrogens (primary N) is 1. The average Bonchev–Trinajstić information content (AvgIpc) is 3.70. The number of nitrogens with zero attached hydrogens (tertiary/aromatic N) is 6. The summed E-state index contributed by atoms with van der Waals surface area (Å²) >= 11 is 0. The van der Waals surface area contributed by atoms with Crippen LogP contribution in [0.2, 0.25) is 0 Å². The number of halogens is 2. The third-order valence-electron chi connectivity index (χ3n) is 7.03. The van der Waals surface area contributed by atoms with Crippen LogP contribution in [0, 0.1) is 11.6 Å². The summed E-state index contributed by atoms with van der Waals surface area (Å²) in [5, 5.41) is 7.99. The normalized spacial score (nSPS) is 14.2. The molecular formula is C27H24F2N8O2. The molecule has 0 aliphatic heterocycles. The zero-order chi connectivity index (χ0) is 27.4. The van der Waals surface area contributed by atoms with E-state index in [0.717, 1.165) is 25.0 Å². The standard InChI is InChI=1S/C27H24F2N8O2/c1-3-20(24-34-19-11-18(29)17(28)10-16(19)27(39)36(24)15-8-9-15)37-25-21(23(30)32-12-33-25)22(35-37)13-4-6-14(7-5-13)26(38)31-2/h4-7,10-12,15,20H,3,8-9H2,1-2H3,(H,31,38)(H2,30,32,33). The fourth-order valence-corrected chi connectivity index (χ4v) is 4.94. The molecule has 1 atom stereocenters. The van der Waals surface area contributed by atoms with Crippen molar-refractivity contribution in [2.75, 3.05) is 12.8 Å². The van der Waals surface area contributed by atoms with Crippen LogP contribution < -0.4 is 16.6 Å². The van der Waals surface area contributed by atoms with Gasteiger partial charge in [-0.1, -0.05) is 19.1 Å². The molecule has 2 aromatic carbocycles. The van der Waals surface area contributed by atoms with Crippen molar-refractivity contribution >= 4 is 33.7 Å². The molecule has 0 bridgehead atoms. The van der Waals surface area contributed by atoms with Crippen LogP contribution in [0.15, 0.2) is 47.5 Å². The molecule has 39 heavy (non-hydrogen) atoms. The van der Waals surface area contributed by atoms with E-state index < -0.39 is 23.2 Å². The Labute approximate surface area is 220 Å². The Morgan fingerprint density at radius 1 is 1.15 bits per heavy atom. The Morgan fingerprint density at radius 3 is 2.54 bits per heavy atom. The number of hydrogen-bond acceptors (Lipinski definition) is 7. The maximum absolute atomic E-state index is 14.1. The minimum Gasteiger partial charge on any atom is -0.383 e. The second-order valence-electron chi connectivity index (χ2n) is 9.49. The second-order valence-corrected chi connectivity index (χ2v) is 9.49. The maximum atomic E-state index is 14.1. The zero-order valence-electron chi connectivity index (χ0n) is 21.2. The molecule has 1 aliphatic rings. The zero-order valence-corrected chi connectivity index (χ0v) is 21.2. The predicted molar refractivity (Wildman–Crippen MR) is 141 cm³/mol. The van der Waals surface area contributed by atoms with Gasteiger partial charge in [-0.05, 0) is 37.5 Å². The SMILES string of the molecule is CCC(c1nc2cc(F)c(F)cc2c(=O)n1C1CC1)n1nc(-c2ccc(C(=O)NC)cc2)c2c(N)ncnc21. The molecule has 12 heteroatoms. The van der Waals surface area contributed by atoms with Gasteiger partial charge in [-0.25, -0.2) is 28.4 Å². The molecule has 1 amide bonds. The first kappa shape index (κ1) is 24.6. The first-order chi connectivity index (χ1) is 18.8. The monoisotopic (exact) mass is 530 g/mol. The number of carbonyl (C=O) groups excluding carboxylic acids is 1. The van der Waals surface area contributed by atoms with E-state index >= 15 is 0 Å². The molecule has 6 rings (SSSR count). The van der Waals surface area contributed by atoms with Gasteiger partial charge in [0.25, 0.3) is 11.5 Å². The minimum absolute atomic E-state index is 0.0215. The van der Waals surface area contributed by atoms with Crippen molar-refractivity contribution in [1.29, 1.82) is 0 Å². The predicted octanol–water partition coefficient (Wildman–Crippen LogP) is 3.76. The van der Waals surface area contributed by atoms with E-state index in [0.29, 0.717) is 40.1 Å². The number of nitrogen functional groups attached to an aromatic ring is 1. The molecule has 1 aliphatic carbocycles. The lowest BCUT2D eigenvalue weighted by molar-refractivity contribution is 0.0963. The third-order valence-corrected chi connectivity index (χ3v) is 7.03. The lowest BCUT2D eigenvalue weighted by Gasteiger charge is -2.21. The van der Waals surface area contributed by atoms with Gasteiger partial charge in [-0.3, -0.25) is 14.2 Å². The quantitative estimate of drug-likeness (QED) is 0.341. The highest BCUT2D eigenvalue weighted by Gasteiger charge is 2.33. The molecule has 0 saturated heterocycles. The summed E-state index contributed by atoms with van der Waals surface area (Å²) < 4.78 is 31.4. The van der Waals surface area contributed by atoms with Crippen LogP contribution in [-0.2, 0) is 0 Å². The lowest BCUT2D eigenvalue weighted by atomic mass is 10.1. The van der Waals surface area contributed by atoms with Gasteiger partial charge in [-0.15, -0.1) is 0 Å². The number of hydrogen-bond donors (Lipinski definition) is 2. The van der Waals surface area contributed by atoms with E-state index in [2.05, 4.69) is 20.3 Å². The van der Waals surface area contributed by atoms with Crippen molar-refractivity contribution in [3.8, 4) is 11.3 Å². The van der Waals surface area contributed by atoms with Gasteiger partial charge < -0.3 is 11.1 Å². The molecule has 1 saturated carbocycles. The topological polar surface area (TPSA) is 134 Å². The Morgan fingerprint density at radius 2 is 1.87 bits per heavy atom. The second kappa shape index (κ2) is 9.22. The van der Waals surface area contributed by atoms with Gasteiger partial charge in [-0.2, -0.15) is 5.10 Å². The Balaban J connectivity index is 1.58.